The van der Waals surface area contributed by atoms with Crippen molar-refractivity contribution in [3.63, 3.8) is 0 Å². The maximum atomic E-state index is 10.0. The SMILES string of the molecule is CC(=O)/C=C(/C)O.[Pt].[c-]1ccccc1-c1nccc2ccccc12. The van der Waals surface area contributed by atoms with Gasteiger partial charge in [-0.1, -0.05) is 24.3 Å². The molecule has 126 valence electrons. The van der Waals surface area contributed by atoms with Crippen LogP contribution in [0.2, 0.25) is 0 Å². The first-order valence-electron chi connectivity index (χ1n) is 7.26. The summed E-state index contributed by atoms with van der Waals surface area (Å²) in [5.74, 6) is -0.0625. The van der Waals surface area contributed by atoms with Gasteiger partial charge in [0.2, 0.25) is 0 Å². The fourth-order valence-corrected chi connectivity index (χ4v) is 2.17. The van der Waals surface area contributed by atoms with Crippen molar-refractivity contribution in [3.8, 4) is 11.3 Å². The van der Waals surface area contributed by atoms with Crippen LogP contribution in [0.5, 0.6) is 0 Å². The zero-order valence-corrected chi connectivity index (χ0v) is 15.7. The number of hydrogen-bond acceptors (Lipinski definition) is 3. The van der Waals surface area contributed by atoms with Crippen molar-refractivity contribution in [1.82, 2.24) is 4.98 Å². The molecule has 2 aromatic carbocycles. The van der Waals surface area contributed by atoms with Gasteiger partial charge in [-0.15, -0.1) is 35.9 Å². The molecule has 4 heteroatoms. The molecule has 0 unspecified atom stereocenters. The molecule has 1 heterocycles. The Morgan fingerprint density at radius 2 is 1.79 bits per heavy atom. The second-order valence-electron chi connectivity index (χ2n) is 5.05. The Balaban J connectivity index is 0.000000312. The van der Waals surface area contributed by atoms with Gasteiger partial charge in [-0.05, 0) is 36.4 Å². The predicted octanol–water partition coefficient (Wildman–Crippen LogP) is 4.74. The summed E-state index contributed by atoms with van der Waals surface area (Å²) in [5.41, 5.74) is 2.04. The molecule has 3 nitrogen and oxygen atoms in total. The summed E-state index contributed by atoms with van der Waals surface area (Å²) < 4.78 is 0. The third-order valence-corrected chi connectivity index (χ3v) is 3.05. The Bertz CT molecular complexity index is 820. The summed E-state index contributed by atoms with van der Waals surface area (Å²) >= 11 is 0. The van der Waals surface area contributed by atoms with Gasteiger partial charge in [0.25, 0.3) is 0 Å². The largest absolute Gasteiger partial charge is 0.512 e. The molecule has 0 aliphatic carbocycles. The first kappa shape index (κ1) is 19.8. The van der Waals surface area contributed by atoms with Gasteiger partial charge in [0.15, 0.2) is 5.78 Å². The van der Waals surface area contributed by atoms with Crippen LogP contribution in [-0.2, 0) is 25.9 Å². The number of rotatable bonds is 2. The van der Waals surface area contributed by atoms with Crippen LogP contribution >= 0.6 is 0 Å². The number of nitrogens with zero attached hydrogens (tertiary/aromatic N) is 1. The van der Waals surface area contributed by atoms with Crippen LogP contribution in [0.15, 0.2) is 72.6 Å². The van der Waals surface area contributed by atoms with Crippen LogP contribution in [0.4, 0.5) is 0 Å². The number of allylic oxidation sites excluding steroid dienone is 2. The molecule has 0 saturated heterocycles. The van der Waals surface area contributed by atoms with E-state index in [0.717, 1.165) is 11.3 Å². The zero-order valence-electron chi connectivity index (χ0n) is 13.5. The average molecular weight is 499 g/mol. The van der Waals surface area contributed by atoms with E-state index in [9.17, 15) is 4.79 Å². The van der Waals surface area contributed by atoms with Gasteiger partial charge in [-0.2, -0.15) is 0 Å². The van der Waals surface area contributed by atoms with Crippen molar-refractivity contribution in [2.45, 2.75) is 13.8 Å². The van der Waals surface area contributed by atoms with E-state index in [1.807, 2.05) is 48.7 Å². The van der Waals surface area contributed by atoms with Gasteiger partial charge < -0.3 is 10.1 Å². The maximum Gasteiger partial charge on any atom is 0.155 e. The monoisotopic (exact) mass is 499 g/mol. The Kier molecular flexibility index (Phi) is 8.08. The van der Waals surface area contributed by atoms with Crippen LogP contribution in [0.3, 0.4) is 0 Å². The predicted molar refractivity (Wildman–Crippen MR) is 93.1 cm³/mol. The summed E-state index contributed by atoms with van der Waals surface area (Å²) in [7, 11) is 0. The number of pyridine rings is 1. The van der Waals surface area contributed by atoms with Gasteiger partial charge in [0, 0.05) is 33.3 Å². The molecular formula is C20H18NO2Pt-. The molecule has 0 bridgehead atoms. The second-order valence-corrected chi connectivity index (χ2v) is 5.05. The minimum Gasteiger partial charge on any atom is -0.512 e. The molecule has 0 amide bonds. The summed E-state index contributed by atoms with van der Waals surface area (Å²) in [4.78, 5) is 14.5. The molecule has 1 N–H and O–H groups in total. The Morgan fingerprint density at radius 1 is 1.08 bits per heavy atom. The van der Waals surface area contributed by atoms with E-state index in [1.165, 1.54) is 30.7 Å². The number of carbonyl (C=O) groups excluding carboxylic acids is 1. The minimum absolute atomic E-state index is 0. The van der Waals surface area contributed by atoms with Gasteiger partial charge in [-0.3, -0.25) is 4.79 Å². The molecule has 0 radical (unpaired) electrons. The van der Waals surface area contributed by atoms with E-state index in [-0.39, 0.29) is 32.6 Å². The maximum absolute atomic E-state index is 10.0. The van der Waals surface area contributed by atoms with Crippen LogP contribution in [0.1, 0.15) is 13.8 Å². The Hall–Kier alpha value is -2.25. The molecule has 24 heavy (non-hydrogen) atoms. The normalized spacial score (nSPS) is 10.3. The summed E-state index contributed by atoms with van der Waals surface area (Å²) in [5, 5.41) is 10.7. The van der Waals surface area contributed by atoms with Crippen molar-refractivity contribution >= 4 is 16.6 Å². The third-order valence-electron chi connectivity index (χ3n) is 3.05. The molecule has 0 fully saturated rings. The number of carbonyl (C=O) groups is 1. The average Bonchev–Trinajstić information content (AvgIpc) is 2.54. The van der Waals surface area contributed by atoms with E-state index in [1.54, 1.807) is 0 Å². The molecule has 1 aromatic heterocycles. The van der Waals surface area contributed by atoms with Crippen LogP contribution < -0.4 is 0 Å². The topological polar surface area (TPSA) is 50.2 Å². The second kappa shape index (κ2) is 9.79. The van der Waals surface area contributed by atoms with Crippen LogP contribution in [0, 0.1) is 6.07 Å². The number of aromatic nitrogens is 1. The van der Waals surface area contributed by atoms with E-state index >= 15 is 0 Å². The number of aliphatic hydroxyl groups excluding tert-OH is 1. The molecule has 3 aromatic rings. The summed E-state index contributed by atoms with van der Waals surface area (Å²) in [6.07, 6.45) is 3.01. The molecule has 0 aliphatic heterocycles. The first-order valence-corrected chi connectivity index (χ1v) is 7.26. The minimum atomic E-state index is -0.125. The van der Waals surface area contributed by atoms with Crippen LogP contribution in [-0.4, -0.2) is 15.9 Å². The number of aliphatic hydroxyl groups is 1. The zero-order chi connectivity index (χ0) is 16.7. The summed E-state index contributed by atoms with van der Waals surface area (Å²) in [6, 6.07) is 21.4. The fraction of sp³-hybridized carbons (Fsp3) is 0.100. The van der Waals surface area contributed by atoms with E-state index in [0.29, 0.717) is 0 Å². The first-order chi connectivity index (χ1) is 11.1. The van der Waals surface area contributed by atoms with Gasteiger partial charge in [-0.25, -0.2) is 0 Å². The third kappa shape index (κ3) is 5.75. The molecule has 0 atom stereocenters. The molecular weight excluding hydrogens is 481 g/mol. The number of benzene rings is 2. The fourth-order valence-electron chi connectivity index (χ4n) is 2.17. The number of fused-ring (bicyclic) bond motifs is 1. The van der Waals surface area contributed by atoms with Crippen molar-refractivity contribution in [3.05, 3.63) is 78.7 Å². The number of hydrogen-bond donors (Lipinski definition) is 1. The van der Waals surface area contributed by atoms with Crippen LogP contribution in [0.25, 0.3) is 22.0 Å². The van der Waals surface area contributed by atoms with Gasteiger partial charge in [0.05, 0.1) is 5.76 Å². The molecule has 0 aliphatic rings. The smallest absolute Gasteiger partial charge is 0.155 e. The molecule has 0 saturated carbocycles. The molecule has 0 spiro atoms. The quantitative estimate of drug-likeness (QED) is 0.315. The Labute approximate surface area is 156 Å². The van der Waals surface area contributed by atoms with Crippen molar-refractivity contribution in [1.29, 1.82) is 0 Å². The standard InChI is InChI=1S/C15H10N.C5H8O2.Pt/c1-2-7-13(8-3-1)15-14-9-5-4-6-12(14)10-11-16-15;1-4(6)3-5(2)7;/h1-7,9-11H;3,6H,1-2H3;/q-1;;/b;4-3-;. The van der Waals surface area contributed by atoms with Gasteiger partial charge >= 0.3 is 0 Å². The van der Waals surface area contributed by atoms with Crippen molar-refractivity contribution < 1.29 is 31.0 Å². The van der Waals surface area contributed by atoms with Crippen molar-refractivity contribution in [2.24, 2.45) is 0 Å². The van der Waals surface area contributed by atoms with E-state index in [4.69, 9.17) is 5.11 Å². The van der Waals surface area contributed by atoms with E-state index < -0.39 is 0 Å². The van der Waals surface area contributed by atoms with E-state index in [2.05, 4.69) is 23.2 Å². The molecule has 3 rings (SSSR count). The van der Waals surface area contributed by atoms with Crippen molar-refractivity contribution in [2.75, 3.05) is 0 Å². The van der Waals surface area contributed by atoms with Gasteiger partial charge in [0.1, 0.15) is 0 Å². The summed E-state index contributed by atoms with van der Waals surface area (Å²) in [6.45, 7) is 2.85. The number of ketones is 1. The Morgan fingerprint density at radius 3 is 2.38 bits per heavy atom.